The van der Waals surface area contributed by atoms with Gasteiger partial charge in [0.05, 0.1) is 6.54 Å². The summed E-state index contributed by atoms with van der Waals surface area (Å²) in [6, 6.07) is 6.02. The van der Waals surface area contributed by atoms with Gasteiger partial charge in [-0.3, -0.25) is 4.90 Å². The summed E-state index contributed by atoms with van der Waals surface area (Å²) in [5.74, 6) is 2.48. The highest BCUT2D eigenvalue weighted by Gasteiger charge is 2.39. The summed E-state index contributed by atoms with van der Waals surface area (Å²) < 4.78 is 16.5. The van der Waals surface area contributed by atoms with Crippen LogP contribution in [0, 0.1) is 0 Å². The molecular formula is C21H33IN4O3. The van der Waals surface area contributed by atoms with Crippen molar-refractivity contribution in [2.75, 3.05) is 46.2 Å². The number of hydrogen-bond donors (Lipinski definition) is 2. The van der Waals surface area contributed by atoms with Crippen LogP contribution < -0.4 is 20.1 Å². The molecule has 29 heavy (non-hydrogen) atoms. The fraction of sp³-hybridized carbons (Fsp3) is 0.667. The lowest BCUT2D eigenvalue weighted by Gasteiger charge is -2.45. The maximum absolute atomic E-state index is 5.66. The number of rotatable bonds is 6. The number of likely N-dealkylation sites (tertiary alicyclic amines) is 1. The lowest BCUT2D eigenvalue weighted by molar-refractivity contribution is -0.0164. The molecule has 0 amide bonds. The Kier molecular flexibility index (Phi) is 8.25. The SMILES string of the molecule is CCNC(=NCc1ccc2c(c1)OCO2)NCC1(N2CCCC2)CCOCC1.I. The summed E-state index contributed by atoms with van der Waals surface area (Å²) in [5, 5.41) is 7.00. The third-order valence-electron chi connectivity index (χ3n) is 5.99. The van der Waals surface area contributed by atoms with Gasteiger partial charge in [0.1, 0.15) is 0 Å². The van der Waals surface area contributed by atoms with E-state index in [-0.39, 0.29) is 29.5 Å². The summed E-state index contributed by atoms with van der Waals surface area (Å²) in [6.07, 6.45) is 4.78. The van der Waals surface area contributed by atoms with Crippen molar-refractivity contribution in [3.8, 4) is 11.5 Å². The van der Waals surface area contributed by atoms with E-state index in [4.69, 9.17) is 19.2 Å². The number of nitrogens with one attached hydrogen (secondary N) is 2. The lowest BCUT2D eigenvalue weighted by atomic mass is 9.88. The van der Waals surface area contributed by atoms with Crippen molar-refractivity contribution in [1.82, 2.24) is 15.5 Å². The molecule has 3 aliphatic rings. The molecule has 0 unspecified atom stereocenters. The molecule has 0 spiro atoms. The van der Waals surface area contributed by atoms with Gasteiger partial charge in [0.25, 0.3) is 0 Å². The predicted molar refractivity (Wildman–Crippen MR) is 124 cm³/mol. The predicted octanol–water partition coefficient (Wildman–Crippen LogP) is 2.73. The maximum atomic E-state index is 5.66. The molecule has 3 aliphatic heterocycles. The average molecular weight is 516 g/mol. The van der Waals surface area contributed by atoms with Gasteiger partial charge in [0.2, 0.25) is 6.79 Å². The number of fused-ring (bicyclic) bond motifs is 1. The second-order valence-electron chi connectivity index (χ2n) is 7.77. The summed E-state index contributed by atoms with van der Waals surface area (Å²) in [7, 11) is 0. The van der Waals surface area contributed by atoms with E-state index < -0.39 is 0 Å². The minimum absolute atomic E-state index is 0. The van der Waals surface area contributed by atoms with E-state index in [2.05, 4.69) is 22.5 Å². The number of nitrogens with zero attached hydrogens (tertiary/aromatic N) is 2. The van der Waals surface area contributed by atoms with Crippen molar-refractivity contribution >= 4 is 29.9 Å². The lowest BCUT2D eigenvalue weighted by Crippen LogP contribution is -2.58. The molecule has 0 bridgehead atoms. The Bertz CT molecular complexity index is 689. The van der Waals surface area contributed by atoms with E-state index in [1.165, 1.54) is 25.9 Å². The standard InChI is InChI=1S/C21H32N4O3.HI/c1-2-22-20(23-14-17-5-6-18-19(13-17)28-16-27-18)24-15-21(7-11-26-12-8-21)25-9-3-4-10-25;/h5-6,13H,2-4,7-12,14-16H2,1H3,(H2,22,23,24);1H. The van der Waals surface area contributed by atoms with Crippen LogP contribution in [0.1, 0.15) is 38.2 Å². The molecule has 3 heterocycles. The van der Waals surface area contributed by atoms with Gasteiger partial charge >= 0.3 is 0 Å². The molecule has 0 radical (unpaired) electrons. The quantitative estimate of drug-likeness (QED) is 0.345. The Morgan fingerprint density at radius 2 is 1.86 bits per heavy atom. The summed E-state index contributed by atoms with van der Waals surface area (Å²) in [4.78, 5) is 7.47. The zero-order valence-corrected chi connectivity index (χ0v) is 19.6. The third kappa shape index (κ3) is 5.46. The minimum Gasteiger partial charge on any atom is -0.454 e. The monoisotopic (exact) mass is 516 g/mol. The molecule has 1 aromatic rings. The number of halogens is 1. The van der Waals surface area contributed by atoms with Crippen molar-refractivity contribution in [2.45, 2.75) is 44.7 Å². The molecule has 2 fully saturated rings. The highest BCUT2D eigenvalue weighted by molar-refractivity contribution is 14.0. The van der Waals surface area contributed by atoms with Gasteiger partial charge in [-0.05, 0) is 63.4 Å². The van der Waals surface area contributed by atoms with Gasteiger partial charge in [-0.15, -0.1) is 24.0 Å². The van der Waals surface area contributed by atoms with Crippen molar-refractivity contribution in [2.24, 2.45) is 4.99 Å². The van der Waals surface area contributed by atoms with Crippen LogP contribution in [0.2, 0.25) is 0 Å². The zero-order valence-electron chi connectivity index (χ0n) is 17.2. The molecule has 162 valence electrons. The van der Waals surface area contributed by atoms with Crippen molar-refractivity contribution in [3.05, 3.63) is 23.8 Å². The number of aliphatic imine (C=N–C) groups is 1. The largest absolute Gasteiger partial charge is 0.454 e. The maximum Gasteiger partial charge on any atom is 0.231 e. The molecule has 7 nitrogen and oxygen atoms in total. The molecule has 0 saturated carbocycles. The van der Waals surface area contributed by atoms with E-state index in [9.17, 15) is 0 Å². The fourth-order valence-corrected chi connectivity index (χ4v) is 4.35. The summed E-state index contributed by atoms with van der Waals surface area (Å²) in [6.45, 7) is 8.85. The van der Waals surface area contributed by atoms with Gasteiger partial charge < -0.3 is 24.8 Å². The highest BCUT2D eigenvalue weighted by Crippen LogP contribution is 2.33. The molecule has 1 aromatic carbocycles. The highest BCUT2D eigenvalue weighted by atomic mass is 127. The fourth-order valence-electron chi connectivity index (χ4n) is 4.35. The second kappa shape index (κ2) is 10.7. The Morgan fingerprint density at radius 1 is 1.10 bits per heavy atom. The molecule has 4 rings (SSSR count). The Morgan fingerprint density at radius 3 is 2.62 bits per heavy atom. The Balaban J connectivity index is 0.00000240. The molecule has 2 N–H and O–H groups in total. The minimum atomic E-state index is 0. The molecular weight excluding hydrogens is 483 g/mol. The first-order valence-corrected chi connectivity index (χ1v) is 10.5. The van der Waals surface area contributed by atoms with E-state index in [0.717, 1.165) is 62.2 Å². The van der Waals surface area contributed by atoms with Gasteiger partial charge in [-0.25, -0.2) is 4.99 Å². The normalized spacial score (nSPS) is 20.9. The van der Waals surface area contributed by atoms with E-state index in [1.54, 1.807) is 0 Å². The second-order valence-corrected chi connectivity index (χ2v) is 7.77. The molecule has 8 heteroatoms. The smallest absolute Gasteiger partial charge is 0.231 e. The number of ether oxygens (including phenoxy) is 3. The number of hydrogen-bond acceptors (Lipinski definition) is 5. The van der Waals surface area contributed by atoms with E-state index in [1.807, 2.05) is 18.2 Å². The van der Waals surface area contributed by atoms with Crippen LogP contribution in [0.5, 0.6) is 11.5 Å². The Labute approximate surface area is 190 Å². The summed E-state index contributed by atoms with van der Waals surface area (Å²) >= 11 is 0. The Hall–Kier alpha value is -1.26. The first-order valence-electron chi connectivity index (χ1n) is 10.5. The van der Waals surface area contributed by atoms with Crippen LogP contribution in [0.4, 0.5) is 0 Å². The van der Waals surface area contributed by atoms with Crippen molar-refractivity contribution in [3.63, 3.8) is 0 Å². The van der Waals surface area contributed by atoms with Crippen molar-refractivity contribution < 1.29 is 14.2 Å². The van der Waals surface area contributed by atoms with Crippen LogP contribution in [0.3, 0.4) is 0 Å². The van der Waals surface area contributed by atoms with Crippen LogP contribution >= 0.6 is 24.0 Å². The van der Waals surface area contributed by atoms with Gasteiger partial charge in [-0.2, -0.15) is 0 Å². The summed E-state index contributed by atoms with van der Waals surface area (Å²) in [5.41, 5.74) is 1.30. The van der Waals surface area contributed by atoms with Crippen LogP contribution in [-0.4, -0.2) is 62.6 Å². The first kappa shape index (κ1) is 22.4. The number of benzene rings is 1. The molecule has 0 atom stereocenters. The molecule has 2 saturated heterocycles. The van der Waals surface area contributed by atoms with E-state index in [0.29, 0.717) is 13.3 Å². The van der Waals surface area contributed by atoms with Crippen LogP contribution in [0.15, 0.2) is 23.2 Å². The zero-order chi connectivity index (χ0) is 19.2. The third-order valence-corrected chi connectivity index (χ3v) is 5.99. The number of guanidine groups is 1. The average Bonchev–Trinajstić information content (AvgIpc) is 3.42. The molecule has 0 aromatic heterocycles. The topological polar surface area (TPSA) is 67.4 Å². The first-order chi connectivity index (χ1) is 13.8. The van der Waals surface area contributed by atoms with Gasteiger partial charge in [-0.1, -0.05) is 6.07 Å². The van der Waals surface area contributed by atoms with Gasteiger partial charge in [0, 0.05) is 31.8 Å². The van der Waals surface area contributed by atoms with Crippen LogP contribution in [-0.2, 0) is 11.3 Å². The van der Waals surface area contributed by atoms with Gasteiger partial charge in [0.15, 0.2) is 17.5 Å². The van der Waals surface area contributed by atoms with Crippen LogP contribution in [0.25, 0.3) is 0 Å². The molecule has 0 aliphatic carbocycles. The van der Waals surface area contributed by atoms with Crippen molar-refractivity contribution in [1.29, 1.82) is 0 Å². The van der Waals surface area contributed by atoms with E-state index >= 15 is 0 Å².